The highest BCUT2D eigenvalue weighted by atomic mass is 16.5. The average Bonchev–Trinajstić information content (AvgIpc) is 2.66. The number of hydrogen-bond acceptors (Lipinski definition) is 3. The molecule has 1 aliphatic rings. The summed E-state index contributed by atoms with van der Waals surface area (Å²) in [4.78, 5) is 12.0. The summed E-state index contributed by atoms with van der Waals surface area (Å²) >= 11 is 0. The first-order valence-corrected chi connectivity index (χ1v) is 9.03. The maximum absolute atomic E-state index is 12.0. The van der Waals surface area contributed by atoms with Crippen LogP contribution in [0, 0.1) is 0 Å². The maximum atomic E-state index is 12.0. The summed E-state index contributed by atoms with van der Waals surface area (Å²) in [7, 11) is 0. The molecule has 2 aromatic rings. The van der Waals surface area contributed by atoms with Crippen molar-refractivity contribution < 1.29 is 14.6 Å². The third kappa shape index (κ3) is 4.75. The number of benzene rings is 2. The van der Waals surface area contributed by atoms with Gasteiger partial charge in [0.15, 0.2) is 0 Å². The topological polar surface area (TPSA) is 58.6 Å². The van der Waals surface area contributed by atoms with E-state index in [-0.39, 0.29) is 17.2 Å². The van der Waals surface area contributed by atoms with Crippen molar-refractivity contribution in [3.8, 4) is 11.5 Å². The fraction of sp³-hybridized carbons (Fsp3) is 0.381. The Bertz CT molecular complexity index is 691. The van der Waals surface area contributed by atoms with Gasteiger partial charge in [0, 0.05) is 0 Å². The zero-order valence-electron chi connectivity index (χ0n) is 14.4. The average molecular weight is 339 g/mol. The zero-order chi connectivity index (χ0) is 17.5. The van der Waals surface area contributed by atoms with Gasteiger partial charge in [0.2, 0.25) is 0 Å². The van der Waals surface area contributed by atoms with Crippen molar-refractivity contribution in [1.29, 1.82) is 0 Å². The van der Waals surface area contributed by atoms with Crippen LogP contribution < -0.4 is 10.1 Å². The lowest BCUT2D eigenvalue weighted by Crippen LogP contribution is -2.28. The summed E-state index contributed by atoms with van der Waals surface area (Å²) in [5, 5.41) is 12.4. The van der Waals surface area contributed by atoms with Crippen molar-refractivity contribution in [2.45, 2.75) is 38.0 Å². The van der Waals surface area contributed by atoms with E-state index < -0.39 is 0 Å². The monoisotopic (exact) mass is 339 g/mol. The SMILES string of the molecule is O=C(NCCOc1ccc(C2CCCCC2)cc1)c1ccccc1O. The number of hydrogen-bond donors (Lipinski definition) is 2. The molecular weight excluding hydrogens is 314 g/mol. The Hall–Kier alpha value is -2.49. The van der Waals surface area contributed by atoms with E-state index in [1.807, 2.05) is 12.1 Å². The highest BCUT2D eigenvalue weighted by Crippen LogP contribution is 2.33. The minimum Gasteiger partial charge on any atom is -0.507 e. The van der Waals surface area contributed by atoms with Crippen molar-refractivity contribution >= 4 is 5.91 Å². The van der Waals surface area contributed by atoms with E-state index in [2.05, 4.69) is 17.4 Å². The summed E-state index contributed by atoms with van der Waals surface area (Å²) in [6.45, 7) is 0.777. The molecule has 1 fully saturated rings. The van der Waals surface area contributed by atoms with Crippen molar-refractivity contribution in [3.05, 3.63) is 59.7 Å². The third-order valence-corrected chi connectivity index (χ3v) is 4.76. The molecule has 2 N–H and O–H groups in total. The van der Waals surface area contributed by atoms with E-state index in [1.54, 1.807) is 18.2 Å². The molecule has 0 heterocycles. The summed E-state index contributed by atoms with van der Waals surface area (Å²) in [6, 6.07) is 14.8. The number of para-hydroxylation sites is 1. The largest absolute Gasteiger partial charge is 0.507 e. The minimum absolute atomic E-state index is 0.0146. The molecule has 0 saturated heterocycles. The van der Waals surface area contributed by atoms with E-state index in [0.29, 0.717) is 19.1 Å². The summed E-state index contributed by atoms with van der Waals surface area (Å²) < 4.78 is 5.69. The molecule has 0 atom stereocenters. The maximum Gasteiger partial charge on any atom is 0.255 e. The van der Waals surface area contributed by atoms with Gasteiger partial charge in [-0.15, -0.1) is 0 Å². The lowest BCUT2D eigenvalue weighted by Gasteiger charge is -2.22. The Kier molecular flexibility index (Phi) is 5.94. The number of phenols is 1. The second-order valence-corrected chi connectivity index (χ2v) is 6.53. The van der Waals surface area contributed by atoms with Gasteiger partial charge in [-0.3, -0.25) is 4.79 Å². The van der Waals surface area contributed by atoms with Gasteiger partial charge in [0.25, 0.3) is 5.91 Å². The van der Waals surface area contributed by atoms with Gasteiger partial charge in [-0.2, -0.15) is 0 Å². The van der Waals surface area contributed by atoms with E-state index in [9.17, 15) is 9.90 Å². The number of rotatable bonds is 6. The Morgan fingerprint density at radius 3 is 2.48 bits per heavy atom. The number of amides is 1. The lowest BCUT2D eigenvalue weighted by molar-refractivity contribution is 0.0944. The number of ether oxygens (including phenoxy) is 1. The van der Waals surface area contributed by atoms with Gasteiger partial charge < -0.3 is 15.2 Å². The van der Waals surface area contributed by atoms with Crippen molar-refractivity contribution in [2.24, 2.45) is 0 Å². The molecule has 1 amide bonds. The molecule has 0 radical (unpaired) electrons. The van der Waals surface area contributed by atoms with Gasteiger partial charge in [0.05, 0.1) is 12.1 Å². The Labute approximate surface area is 148 Å². The minimum atomic E-state index is -0.297. The fourth-order valence-electron chi connectivity index (χ4n) is 3.37. The number of aromatic hydroxyl groups is 1. The molecule has 4 nitrogen and oxygen atoms in total. The van der Waals surface area contributed by atoms with Crippen LogP contribution in [0.15, 0.2) is 48.5 Å². The van der Waals surface area contributed by atoms with Crippen molar-refractivity contribution in [2.75, 3.05) is 13.2 Å². The van der Waals surface area contributed by atoms with E-state index in [4.69, 9.17) is 4.74 Å². The quantitative estimate of drug-likeness (QED) is 0.774. The Morgan fingerprint density at radius 2 is 1.76 bits per heavy atom. The van der Waals surface area contributed by atoms with Gasteiger partial charge in [-0.1, -0.05) is 43.5 Å². The fourth-order valence-corrected chi connectivity index (χ4v) is 3.37. The summed E-state index contributed by atoms with van der Waals surface area (Å²) in [6.07, 6.45) is 6.61. The van der Waals surface area contributed by atoms with Gasteiger partial charge in [-0.05, 0) is 48.6 Å². The van der Waals surface area contributed by atoms with Gasteiger partial charge >= 0.3 is 0 Å². The van der Waals surface area contributed by atoms with Crippen LogP contribution in [0.1, 0.15) is 53.9 Å². The molecule has 0 aliphatic heterocycles. The van der Waals surface area contributed by atoms with E-state index in [0.717, 1.165) is 5.75 Å². The number of carbonyl (C=O) groups is 1. The van der Waals surface area contributed by atoms with E-state index >= 15 is 0 Å². The normalized spacial score (nSPS) is 14.9. The molecule has 0 bridgehead atoms. The van der Waals surface area contributed by atoms with Crippen LogP contribution in [-0.2, 0) is 0 Å². The standard InChI is InChI=1S/C21H25NO3/c23-20-9-5-4-8-19(20)21(24)22-14-15-25-18-12-10-17(11-13-18)16-6-2-1-3-7-16/h4-5,8-13,16,23H,1-3,6-7,14-15H2,(H,22,24). The highest BCUT2D eigenvalue weighted by molar-refractivity contribution is 5.96. The number of carbonyl (C=O) groups excluding carboxylic acids is 1. The third-order valence-electron chi connectivity index (χ3n) is 4.76. The first kappa shape index (κ1) is 17.3. The van der Waals surface area contributed by atoms with Gasteiger partial charge in [-0.25, -0.2) is 0 Å². The molecule has 132 valence electrons. The Morgan fingerprint density at radius 1 is 1.04 bits per heavy atom. The summed E-state index contributed by atoms with van der Waals surface area (Å²) in [5.74, 6) is 1.20. The number of nitrogens with one attached hydrogen (secondary N) is 1. The summed E-state index contributed by atoms with van der Waals surface area (Å²) in [5.41, 5.74) is 1.68. The molecule has 25 heavy (non-hydrogen) atoms. The van der Waals surface area contributed by atoms with E-state index in [1.165, 1.54) is 43.7 Å². The van der Waals surface area contributed by atoms with Gasteiger partial charge in [0.1, 0.15) is 18.1 Å². The zero-order valence-corrected chi connectivity index (χ0v) is 14.4. The predicted molar refractivity (Wildman–Crippen MR) is 98.2 cm³/mol. The first-order valence-electron chi connectivity index (χ1n) is 9.03. The molecule has 0 spiro atoms. The predicted octanol–water partition coefficient (Wildman–Crippen LogP) is 4.25. The van der Waals surface area contributed by atoms with Crippen LogP contribution in [0.4, 0.5) is 0 Å². The van der Waals surface area contributed by atoms with Crippen LogP contribution in [0.3, 0.4) is 0 Å². The molecule has 3 rings (SSSR count). The van der Waals surface area contributed by atoms with Crippen LogP contribution in [0.5, 0.6) is 11.5 Å². The number of phenolic OH excluding ortho intramolecular Hbond substituents is 1. The smallest absolute Gasteiger partial charge is 0.255 e. The van der Waals surface area contributed by atoms with Crippen LogP contribution in [0.2, 0.25) is 0 Å². The molecule has 1 aliphatic carbocycles. The van der Waals surface area contributed by atoms with Crippen molar-refractivity contribution in [3.63, 3.8) is 0 Å². The first-order chi connectivity index (χ1) is 12.2. The molecule has 2 aromatic carbocycles. The Balaban J connectivity index is 1.43. The van der Waals surface area contributed by atoms with Crippen LogP contribution in [-0.4, -0.2) is 24.2 Å². The lowest BCUT2D eigenvalue weighted by atomic mass is 9.84. The van der Waals surface area contributed by atoms with Crippen LogP contribution in [0.25, 0.3) is 0 Å². The second kappa shape index (κ2) is 8.56. The highest BCUT2D eigenvalue weighted by Gasteiger charge is 2.15. The molecule has 4 heteroatoms. The molecule has 1 saturated carbocycles. The molecule has 0 unspecified atom stereocenters. The van der Waals surface area contributed by atoms with Crippen molar-refractivity contribution in [1.82, 2.24) is 5.32 Å². The second-order valence-electron chi connectivity index (χ2n) is 6.53. The molecule has 0 aromatic heterocycles. The van der Waals surface area contributed by atoms with Crippen LogP contribution >= 0.6 is 0 Å². The molecular formula is C21H25NO3.